The van der Waals surface area contributed by atoms with E-state index in [9.17, 15) is 9.59 Å². The number of nitrogens with zero attached hydrogens (tertiary/aromatic N) is 2. The molecule has 2 unspecified atom stereocenters. The first-order valence-corrected chi connectivity index (χ1v) is 19.6. The maximum absolute atomic E-state index is 15.5. The SMILES string of the molecule is C=C(Nc1cc(F)c([C@H](C)CC[C@@H](C)c2cc(/N=C(\C)C3CCCN3C(=O)C(NC(=O)OC)C3CCOCC3)c(C)cc2F)cc1C)[C@@H](C)CCCC. The molecule has 292 valence electrons. The maximum Gasteiger partial charge on any atom is 0.407 e. The highest BCUT2D eigenvalue weighted by Crippen LogP contribution is 2.36. The Kier molecular flexibility index (Phi) is 15.4. The Labute approximate surface area is 316 Å². The predicted molar refractivity (Wildman–Crippen MR) is 210 cm³/mol. The van der Waals surface area contributed by atoms with Gasteiger partial charge in [-0.15, -0.1) is 0 Å². The topological polar surface area (TPSA) is 92.3 Å². The molecule has 2 fully saturated rings. The number of rotatable bonds is 16. The minimum Gasteiger partial charge on any atom is -0.453 e. The van der Waals surface area contributed by atoms with E-state index in [4.69, 9.17) is 14.5 Å². The number of likely N-dealkylation sites (tertiary alicyclic amines) is 1. The summed E-state index contributed by atoms with van der Waals surface area (Å²) in [6.07, 6.45) is 6.93. The van der Waals surface area contributed by atoms with Crippen molar-refractivity contribution >= 4 is 29.1 Å². The number of benzene rings is 2. The van der Waals surface area contributed by atoms with Crippen LogP contribution in [0, 0.1) is 37.3 Å². The number of alkyl carbamates (subject to hydrolysis) is 1. The zero-order valence-electron chi connectivity index (χ0n) is 33.2. The average Bonchev–Trinajstić information content (AvgIpc) is 3.64. The Hall–Kier alpha value is -3.79. The van der Waals surface area contributed by atoms with E-state index in [1.165, 1.54) is 13.2 Å². The summed E-state index contributed by atoms with van der Waals surface area (Å²) in [5, 5.41) is 6.15. The number of amides is 2. The van der Waals surface area contributed by atoms with Crippen molar-refractivity contribution in [1.82, 2.24) is 10.2 Å². The Morgan fingerprint density at radius 1 is 0.981 bits per heavy atom. The summed E-state index contributed by atoms with van der Waals surface area (Å²) in [5.74, 6) is -0.608. The average molecular weight is 737 g/mol. The van der Waals surface area contributed by atoms with Gasteiger partial charge in [0.2, 0.25) is 5.91 Å². The molecule has 5 atom stereocenters. The van der Waals surface area contributed by atoms with Gasteiger partial charge in [-0.25, -0.2) is 13.6 Å². The van der Waals surface area contributed by atoms with E-state index >= 15 is 8.78 Å². The molecule has 0 spiro atoms. The second kappa shape index (κ2) is 19.5. The van der Waals surface area contributed by atoms with Gasteiger partial charge in [0, 0.05) is 36.9 Å². The predicted octanol–water partition coefficient (Wildman–Crippen LogP) is 10.3. The van der Waals surface area contributed by atoms with Crippen molar-refractivity contribution in [2.75, 3.05) is 32.2 Å². The molecule has 0 radical (unpaired) electrons. The highest BCUT2D eigenvalue weighted by Gasteiger charge is 2.39. The van der Waals surface area contributed by atoms with Crippen molar-refractivity contribution < 1.29 is 27.8 Å². The van der Waals surface area contributed by atoms with E-state index in [-0.39, 0.29) is 41.3 Å². The molecule has 2 N–H and O–H groups in total. The molecule has 8 nitrogen and oxygen atoms in total. The molecule has 4 rings (SSSR count). The normalized spacial score (nSPS) is 19.0. The summed E-state index contributed by atoms with van der Waals surface area (Å²) in [4.78, 5) is 33.0. The lowest BCUT2D eigenvalue weighted by atomic mass is 9.87. The largest absolute Gasteiger partial charge is 0.453 e. The fourth-order valence-corrected chi connectivity index (χ4v) is 7.71. The van der Waals surface area contributed by atoms with E-state index in [1.54, 1.807) is 6.07 Å². The zero-order valence-corrected chi connectivity index (χ0v) is 33.2. The number of hydrogen-bond acceptors (Lipinski definition) is 6. The number of unbranched alkanes of at least 4 members (excludes halogenated alkanes) is 1. The summed E-state index contributed by atoms with van der Waals surface area (Å²) < 4.78 is 41.3. The van der Waals surface area contributed by atoms with Crippen LogP contribution in [0.2, 0.25) is 0 Å². The van der Waals surface area contributed by atoms with E-state index in [0.29, 0.717) is 73.7 Å². The highest BCUT2D eigenvalue weighted by atomic mass is 19.1. The van der Waals surface area contributed by atoms with Crippen LogP contribution >= 0.6 is 0 Å². The summed E-state index contributed by atoms with van der Waals surface area (Å²) in [5.41, 5.74) is 5.99. The lowest BCUT2D eigenvalue weighted by Crippen LogP contribution is -2.55. The van der Waals surface area contributed by atoms with Crippen molar-refractivity contribution in [3.63, 3.8) is 0 Å². The lowest BCUT2D eigenvalue weighted by Gasteiger charge is -2.34. The van der Waals surface area contributed by atoms with Gasteiger partial charge in [-0.05, 0) is 130 Å². The molecule has 2 amide bonds. The molecule has 53 heavy (non-hydrogen) atoms. The van der Waals surface area contributed by atoms with Crippen molar-refractivity contribution in [3.05, 3.63) is 70.4 Å². The van der Waals surface area contributed by atoms with Crippen molar-refractivity contribution in [3.8, 4) is 0 Å². The van der Waals surface area contributed by atoms with Gasteiger partial charge in [-0.3, -0.25) is 9.79 Å². The number of ether oxygens (including phenoxy) is 2. The Bertz CT molecular complexity index is 1620. The third kappa shape index (κ3) is 10.9. The third-order valence-corrected chi connectivity index (χ3v) is 11.4. The van der Waals surface area contributed by atoms with Crippen LogP contribution in [0.5, 0.6) is 0 Å². The summed E-state index contributed by atoms with van der Waals surface area (Å²) >= 11 is 0. The van der Waals surface area contributed by atoms with Gasteiger partial charge in [0.25, 0.3) is 0 Å². The monoisotopic (exact) mass is 736 g/mol. The van der Waals surface area contributed by atoms with Gasteiger partial charge in [0.05, 0.1) is 18.8 Å². The number of aliphatic imine (C=N–C) groups is 1. The first kappa shape index (κ1) is 42.0. The van der Waals surface area contributed by atoms with Crippen LogP contribution in [0.3, 0.4) is 0 Å². The van der Waals surface area contributed by atoms with E-state index in [1.807, 2.05) is 51.7 Å². The number of methoxy groups -OCH3 is 1. The van der Waals surface area contributed by atoms with E-state index in [2.05, 4.69) is 31.1 Å². The Morgan fingerprint density at radius 3 is 2.26 bits per heavy atom. The first-order chi connectivity index (χ1) is 25.2. The molecule has 2 aliphatic rings. The van der Waals surface area contributed by atoms with Crippen LogP contribution in [0.25, 0.3) is 0 Å². The van der Waals surface area contributed by atoms with Crippen LogP contribution in [-0.2, 0) is 14.3 Å². The summed E-state index contributed by atoms with van der Waals surface area (Å²) in [7, 11) is 1.29. The van der Waals surface area contributed by atoms with Gasteiger partial charge >= 0.3 is 6.09 Å². The first-order valence-electron chi connectivity index (χ1n) is 19.6. The van der Waals surface area contributed by atoms with E-state index < -0.39 is 12.1 Å². The number of carbonyl (C=O) groups excluding carboxylic acids is 2. The quantitative estimate of drug-likeness (QED) is 0.167. The molecule has 0 aromatic heterocycles. The number of nitrogens with one attached hydrogen (secondary N) is 2. The van der Waals surface area contributed by atoms with Crippen molar-refractivity contribution in [1.29, 1.82) is 0 Å². The zero-order chi connectivity index (χ0) is 38.8. The van der Waals surface area contributed by atoms with Crippen LogP contribution in [0.1, 0.15) is 126 Å². The van der Waals surface area contributed by atoms with E-state index in [0.717, 1.165) is 54.8 Å². The molecule has 0 bridgehead atoms. The minimum absolute atomic E-state index is 0.0497. The molecule has 2 saturated heterocycles. The number of carbonyl (C=O) groups is 2. The Balaban J connectivity index is 1.46. The Morgan fingerprint density at radius 2 is 1.62 bits per heavy atom. The number of halogens is 2. The van der Waals surface area contributed by atoms with Crippen LogP contribution in [-0.4, -0.2) is 61.6 Å². The lowest BCUT2D eigenvalue weighted by molar-refractivity contribution is -0.135. The fourth-order valence-electron chi connectivity index (χ4n) is 7.71. The summed E-state index contributed by atoms with van der Waals surface area (Å²) in [6, 6.07) is 5.91. The number of aryl methyl sites for hydroxylation is 2. The second-order valence-corrected chi connectivity index (χ2v) is 15.4. The standard InChI is InChI=1S/C43H62F2N4O4/c1-10-11-13-26(2)31(7)46-39-25-37(45)34(22-29(39)5)27(3)15-16-28(4)35-24-38(30(6)23-36(35)44)47-32(8)40-14-12-19-49(40)42(50)41(48-43(51)52-9)33-17-20-53-21-18-33/h22-28,33,40-41,46H,7,10-21H2,1-6,8-9H3,(H,48,51)/b47-32+/t26-,27+,28+,40?,41?/m0/s1. The van der Waals surface area contributed by atoms with Gasteiger partial charge in [-0.2, -0.15) is 0 Å². The minimum atomic E-state index is -0.710. The number of allylic oxidation sites excluding steroid dienone is 1. The molecule has 2 aromatic carbocycles. The third-order valence-electron chi connectivity index (χ3n) is 11.4. The van der Waals surface area contributed by atoms with Gasteiger partial charge in [-0.1, -0.05) is 53.2 Å². The smallest absolute Gasteiger partial charge is 0.407 e. The van der Waals surface area contributed by atoms with Crippen molar-refractivity contribution in [2.45, 2.75) is 130 Å². The number of hydrogen-bond donors (Lipinski definition) is 2. The molecule has 2 aromatic rings. The second-order valence-electron chi connectivity index (χ2n) is 15.4. The molecule has 2 heterocycles. The molecule has 0 aliphatic carbocycles. The molecule has 2 aliphatic heterocycles. The van der Waals surface area contributed by atoms with Gasteiger partial charge in [0.1, 0.15) is 17.7 Å². The molecule has 10 heteroatoms. The fraction of sp³-hybridized carbons (Fsp3) is 0.605. The molecular weight excluding hydrogens is 674 g/mol. The van der Waals surface area contributed by atoms with Crippen LogP contribution in [0.15, 0.2) is 41.5 Å². The summed E-state index contributed by atoms with van der Waals surface area (Å²) in [6.45, 7) is 19.9. The highest BCUT2D eigenvalue weighted by molar-refractivity contribution is 5.95. The molecule has 0 saturated carbocycles. The van der Waals surface area contributed by atoms with Gasteiger partial charge < -0.3 is 25.0 Å². The van der Waals surface area contributed by atoms with Gasteiger partial charge in [0.15, 0.2) is 0 Å². The van der Waals surface area contributed by atoms with Crippen molar-refractivity contribution in [2.24, 2.45) is 16.8 Å². The van der Waals surface area contributed by atoms with Crippen LogP contribution < -0.4 is 10.6 Å². The number of anilines is 1. The van der Waals surface area contributed by atoms with Crippen LogP contribution in [0.4, 0.5) is 25.0 Å². The maximum atomic E-state index is 15.5. The molecular formula is C43H62F2N4O4.